The van der Waals surface area contributed by atoms with E-state index in [1.165, 1.54) is 0 Å². The summed E-state index contributed by atoms with van der Waals surface area (Å²) in [5.41, 5.74) is 1.49. The summed E-state index contributed by atoms with van der Waals surface area (Å²) in [6.45, 7) is 6.42. The van der Waals surface area contributed by atoms with Crippen molar-refractivity contribution in [3.05, 3.63) is 64.4 Å². The highest BCUT2D eigenvalue weighted by Crippen LogP contribution is 2.34. The van der Waals surface area contributed by atoms with E-state index >= 15 is 0 Å². The number of carbonyl (C=O) groups is 2. The molecule has 1 heterocycles. The minimum atomic E-state index is -0.749. The second-order valence-corrected chi connectivity index (χ2v) is 7.27. The van der Waals surface area contributed by atoms with Crippen molar-refractivity contribution in [3.8, 4) is 5.75 Å². The predicted octanol–water partition coefficient (Wildman–Crippen LogP) is 4.53. The van der Waals surface area contributed by atoms with E-state index in [2.05, 4.69) is 0 Å². The molecule has 140 valence electrons. The van der Waals surface area contributed by atoms with Crippen molar-refractivity contribution in [2.24, 2.45) is 5.92 Å². The van der Waals surface area contributed by atoms with Crippen LogP contribution in [0.25, 0.3) is 5.57 Å². The molecular formula is C21H20ClNO4. The number of hydrogen-bond donors (Lipinski definition) is 1. The second kappa shape index (κ2) is 7.45. The number of benzene rings is 2. The van der Waals surface area contributed by atoms with E-state index in [0.717, 1.165) is 4.90 Å². The molecule has 0 bridgehead atoms. The molecule has 27 heavy (non-hydrogen) atoms. The van der Waals surface area contributed by atoms with Crippen LogP contribution in [0.1, 0.15) is 25.0 Å². The summed E-state index contributed by atoms with van der Waals surface area (Å²) in [5, 5.41) is 10.8. The van der Waals surface area contributed by atoms with E-state index < -0.39 is 17.6 Å². The van der Waals surface area contributed by atoms with Gasteiger partial charge < -0.3 is 9.84 Å². The van der Waals surface area contributed by atoms with Gasteiger partial charge in [0, 0.05) is 5.02 Å². The molecule has 2 aromatic rings. The lowest BCUT2D eigenvalue weighted by atomic mass is 10.1. The fourth-order valence-corrected chi connectivity index (χ4v) is 3.07. The average Bonchev–Trinajstić information content (AvgIpc) is 2.84. The van der Waals surface area contributed by atoms with Crippen LogP contribution in [0, 0.1) is 12.8 Å². The van der Waals surface area contributed by atoms with Gasteiger partial charge in [-0.3, -0.25) is 9.59 Å². The zero-order chi connectivity index (χ0) is 19.7. The lowest BCUT2D eigenvalue weighted by molar-refractivity contribution is -0.121. The molecule has 1 aliphatic heterocycles. The molecule has 0 atom stereocenters. The number of rotatable bonds is 5. The first-order valence-corrected chi connectivity index (χ1v) is 8.98. The third-order valence-corrected chi connectivity index (χ3v) is 4.42. The van der Waals surface area contributed by atoms with Crippen LogP contribution in [0.15, 0.2) is 48.2 Å². The molecule has 0 saturated heterocycles. The molecular weight excluding hydrogens is 366 g/mol. The Bertz CT molecular complexity index is 932. The Kier molecular flexibility index (Phi) is 5.24. The summed E-state index contributed by atoms with van der Waals surface area (Å²) in [7, 11) is 0. The average molecular weight is 386 g/mol. The van der Waals surface area contributed by atoms with E-state index in [1.54, 1.807) is 49.4 Å². The first kappa shape index (κ1) is 19.0. The van der Waals surface area contributed by atoms with Gasteiger partial charge in [0.15, 0.2) is 5.76 Å². The van der Waals surface area contributed by atoms with Gasteiger partial charge in [-0.15, -0.1) is 0 Å². The van der Waals surface area contributed by atoms with Crippen molar-refractivity contribution >= 4 is 34.7 Å². The van der Waals surface area contributed by atoms with Crippen LogP contribution in [0.3, 0.4) is 0 Å². The number of imide groups is 1. The highest BCUT2D eigenvalue weighted by molar-refractivity contribution is 6.45. The predicted molar refractivity (Wildman–Crippen MR) is 105 cm³/mol. The molecule has 1 N–H and O–H groups in total. The fraction of sp³-hybridized carbons (Fsp3) is 0.238. The number of aliphatic hydroxyl groups excluding tert-OH is 1. The third-order valence-electron chi connectivity index (χ3n) is 4.19. The number of hydrogen-bond acceptors (Lipinski definition) is 4. The van der Waals surface area contributed by atoms with E-state index in [9.17, 15) is 14.7 Å². The van der Waals surface area contributed by atoms with Gasteiger partial charge in [0.2, 0.25) is 0 Å². The highest BCUT2D eigenvalue weighted by Gasteiger charge is 2.40. The Balaban J connectivity index is 1.90. The van der Waals surface area contributed by atoms with Crippen molar-refractivity contribution < 1.29 is 19.4 Å². The van der Waals surface area contributed by atoms with Crippen molar-refractivity contribution in [3.63, 3.8) is 0 Å². The van der Waals surface area contributed by atoms with Crippen molar-refractivity contribution in [1.82, 2.24) is 0 Å². The topological polar surface area (TPSA) is 66.8 Å². The van der Waals surface area contributed by atoms with Crippen LogP contribution in [-0.4, -0.2) is 23.5 Å². The van der Waals surface area contributed by atoms with Crippen LogP contribution in [-0.2, 0) is 9.59 Å². The zero-order valence-electron chi connectivity index (χ0n) is 15.3. The SMILES string of the molecule is Cc1cc(Cl)ccc1N1C(=O)C(O)=C(c2ccc(OCC(C)C)cc2)C1=O. The van der Waals surface area contributed by atoms with E-state index in [0.29, 0.717) is 40.1 Å². The number of carbonyl (C=O) groups excluding carboxylic acids is 2. The Morgan fingerprint density at radius 2 is 1.74 bits per heavy atom. The summed E-state index contributed by atoms with van der Waals surface area (Å²) >= 11 is 5.95. The standard InChI is InChI=1S/C21H20ClNO4/c1-12(2)11-27-16-7-4-14(5-8-16)18-19(24)21(26)23(20(18)25)17-9-6-15(22)10-13(17)3/h4-10,12,24H,11H2,1-3H3. The van der Waals surface area contributed by atoms with Gasteiger partial charge in [-0.25, -0.2) is 4.90 Å². The van der Waals surface area contributed by atoms with Gasteiger partial charge in [0.25, 0.3) is 5.91 Å². The number of halogens is 1. The Morgan fingerprint density at radius 1 is 1.07 bits per heavy atom. The van der Waals surface area contributed by atoms with Gasteiger partial charge in [-0.05, 0) is 54.3 Å². The molecule has 6 heteroatoms. The van der Waals surface area contributed by atoms with Crippen molar-refractivity contribution in [2.45, 2.75) is 20.8 Å². The monoisotopic (exact) mass is 385 g/mol. The molecule has 0 spiro atoms. The van der Waals surface area contributed by atoms with Gasteiger partial charge in [0.05, 0.1) is 17.9 Å². The lowest BCUT2D eigenvalue weighted by Gasteiger charge is -2.17. The summed E-state index contributed by atoms with van der Waals surface area (Å²) in [6, 6.07) is 11.6. The normalized spacial score (nSPS) is 14.5. The number of amides is 2. The van der Waals surface area contributed by atoms with Crippen molar-refractivity contribution in [1.29, 1.82) is 0 Å². The fourth-order valence-electron chi connectivity index (χ4n) is 2.85. The van der Waals surface area contributed by atoms with Crippen molar-refractivity contribution in [2.75, 3.05) is 11.5 Å². The van der Waals surface area contributed by atoms with E-state index in [-0.39, 0.29) is 5.57 Å². The molecule has 0 aromatic heterocycles. The summed E-state index contributed by atoms with van der Waals surface area (Å²) in [6.07, 6.45) is 0. The third kappa shape index (κ3) is 3.69. The molecule has 0 aliphatic carbocycles. The van der Waals surface area contributed by atoms with Gasteiger partial charge >= 0.3 is 5.91 Å². The highest BCUT2D eigenvalue weighted by atomic mass is 35.5. The Morgan fingerprint density at radius 3 is 2.33 bits per heavy atom. The maximum absolute atomic E-state index is 12.9. The van der Waals surface area contributed by atoms with Crippen LogP contribution in [0.5, 0.6) is 5.75 Å². The second-order valence-electron chi connectivity index (χ2n) is 6.83. The van der Waals surface area contributed by atoms with Crippen LogP contribution < -0.4 is 9.64 Å². The van der Waals surface area contributed by atoms with Gasteiger partial charge in [-0.1, -0.05) is 37.6 Å². The number of aryl methyl sites for hydroxylation is 1. The summed E-state index contributed by atoms with van der Waals surface area (Å²) in [5.74, 6) is -0.833. The van der Waals surface area contributed by atoms with Gasteiger partial charge in [-0.2, -0.15) is 0 Å². The van der Waals surface area contributed by atoms with Crippen LogP contribution in [0.2, 0.25) is 5.02 Å². The largest absolute Gasteiger partial charge is 0.502 e. The molecule has 0 saturated carbocycles. The lowest BCUT2D eigenvalue weighted by Crippen LogP contribution is -2.32. The molecule has 2 amide bonds. The summed E-state index contributed by atoms with van der Waals surface area (Å²) in [4.78, 5) is 26.4. The van der Waals surface area contributed by atoms with Crippen LogP contribution >= 0.6 is 11.6 Å². The minimum absolute atomic E-state index is 0.0234. The number of anilines is 1. The van der Waals surface area contributed by atoms with E-state index in [4.69, 9.17) is 16.3 Å². The maximum atomic E-state index is 12.9. The molecule has 0 unspecified atom stereocenters. The first-order valence-electron chi connectivity index (χ1n) is 8.61. The molecule has 2 aromatic carbocycles. The molecule has 5 nitrogen and oxygen atoms in total. The quantitative estimate of drug-likeness (QED) is 0.768. The number of aliphatic hydroxyl groups is 1. The molecule has 3 rings (SSSR count). The Hall–Kier alpha value is -2.79. The molecule has 1 aliphatic rings. The first-order chi connectivity index (χ1) is 12.8. The van der Waals surface area contributed by atoms with E-state index in [1.807, 2.05) is 13.8 Å². The number of ether oxygens (including phenoxy) is 1. The minimum Gasteiger partial charge on any atom is -0.502 e. The molecule has 0 fully saturated rings. The van der Waals surface area contributed by atoms with Crippen LogP contribution in [0.4, 0.5) is 5.69 Å². The maximum Gasteiger partial charge on any atom is 0.301 e. The smallest absolute Gasteiger partial charge is 0.301 e. The zero-order valence-corrected chi connectivity index (χ0v) is 16.1. The van der Waals surface area contributed by atoms with Gasteiger partial charge in [0.1, 0.15) is 5.75 Å². The Labute approximate surface area is 162 Å². The molecule has 0 radical (unpaired) electrons. The number of nitrogens with zero attached hydrogens (tertiary/aromatic N) is 1. The summed E-state index contributed by atoms with van der Waals surface area (Å²) < 4.78 is 5.62.